The summed E-state index contributed by atoms with van der Waals surface area (Å²) < 4.78 is 13.0. The number of fused-ring (bicyclic) bond motifs is 1. The number of aryl methyl sites for hydroxylation is 1. The van der Waals surface area contributed by atoms with E-state index >= 15 is 0 Å². The van der Waals surface area contributed by atoms with E-state index in [0.717, 1.165) is 42.3 Å². The van der Waals surface area contributed by atoms with Crippen LogP contribution >= 0.6 is 0 Å². The van der Waals surface area contributed by atoms with Crippen LogP contribution in [0.3, 0.4) is 0 Å². The molecule has 0 radical (unpaired) electrons. The van der Waals surface area contributed by atoms with Crippen molar-refractivity contribution in [1.29, 1.82) is 0 Å². The Kier molecular flexibility index (Phi) is 5.02. The third-order valence-electron chi connectivity index (χ3n) is 4.88. The normalized spacial score (nSPS) is 14.3. The first-order valence-corrected chi connectivity index (χ1v) is 9.36. The third-order valence-corrected chi connectivity index (χ3v) is 4.88. The SMILES string of the molecule is C[C@@H](NC(=O)c1ccc(F)cc1)c1ccc2c(n1)CCCN2c1ccccn1. The molecule has 1 amide bonds. The van der Waals surface area contributed by atoms with Crippen LogP contribution in [0.15, 0.2) is 60.8 Å². The van der Waals surface area contributed by atoms with Crippen molar-refractivity contribution < 1.29 is 9.18 Å². The number of anilines is 2. The molecular formula is C22H21FN4O. The summed E-state index contributed by atoms with van der Waals surface area (Å²) in [5.41, 5.74) is 3.30. The Bertz CT molecular complexity index is 976. The lowest BCUT2D eigenvalue weighted by molar-refractivity contribution is 0.0939. The summed E-state index contributed by atoms with van der Waals surface area (Å²) in [6.45, 7) is 2.80. The number of rotatable bonds is 4. The molecule has 142 valence electrons. The van der Waals surface area contributed by atoms with Crippen molar-refractivity contribution in [3.05, 3.63) is 83.6 Å². The van der Waals surface area contributed by atoms with E-state index in [-0.39, 0.29) is 17.8 Å². The van der Waals surface area contributed by atoms with Crippen LogP contribution in [0.2, 0.25) is 0 Å². The molecule has 2 aromatic heterocycles. The van der Waals surface area contributed by atoms with Gasteiger partial charge in [0.1, 0.15) is 11.6 Å². The number of benzene rings is 1. The van der Waals surface area contributed by atoms with E-state index in [0.29, 0.717) is 5.56 Å². The van der Waals surface area contributed by atoms with Gasteiger partial charge in [-0.25, -0.2) is 9.37 Å². The van der Waals surface area contributed by atoms with Gasteiger partial charge in [0.2, 0.25) is 0 Å². The lowest BCUT2D eigenvalue weighted by Gasteiger charge is -2.30. The number of nitrogens with zero attached hydrogens (tertiary/aromatic N) is 3. The molecule has 0 unspecified atom stereocenters. The smallest absolute Gasteiger partial charge is 0.251 e. The zero-order chi connectivity index (χ0) is 19.5. The molecule has 0 saturated heterocycles. The molecule has 5 nitrogen and oxygen atoms in total. The summed E-state index contributed by atoms with van der Waals surface area (Å²) in [7, 11) is 0. The number of hydrogen-bond donors (Lipinski definition) is 1. The van der Waals surface area contributed by atoms with Gasteiger partial charge in [-0.2, -0.15) is 0 Å². The topological polar surface area (TPSA) is 58.1 Å². The van der Waals surface area contributed by atoms with E-state index in [2.05, 4.69) is 15.2 Å². The fourth-order valence-electron chi connectivity index (χ4n) is 3.41. The highest BCUT2D eigenvalue weighted by Crippen LogP contribution is 2.32. The monoisotopic (exact) mass is 376 g/mol. The van der Waals surface area contributed by atoms with E-state index < -0.39 is 0 Å². The Balaban J connectivity index is 1.53. The lowest BCUT2D eigenvalue weighted by Crippen LogP contribution is -2.29. The number of carbonyl (C=O) groups is 1. The van der Waals surface area contributed by atoms with Gasteiger partial charge in [0.15, 0.2) is 0 Å². The Morgan fingerprint density at radius 1 is 1.14 bits per heavy atom. The predicted octanol–water partition coefficient (Wildman–Crippen LogP) is 4.19. The molecule has 28 heavy (non-hydrogen) atoms. The highest BCUT2D eigenvalue weighted by molar-refractivity contribution is 5.94. The maximum Gasteiger partial charge on any atom is 0.251 e. The molecule has 1 aliphatic rings. The minimum atomic E-state index is -0.363. The molecule has 4 rings (SSSR count). The summed E-state index contributed by atoms with van der Waals surface area (Å²) >= 11 is 0. The minimum absolute atomic E-state index is 0.248. The summed E-state index contributed by atoms with van der Waals surface area (Å²) in [5.74, 6) is 0.302. The van der Waals surface area contributed by atoms with Crippen molar-refractivity contribution in [2.45, 2.75) is 25.8 Å². The first kappa shape index (κ1) is 18.1. The standard InChI is InChI=1S/C22H21FN4O/c1-15(25-22(28)16-7-9-17(23)10-8-16)18-11-12-20-19(26-18)5-4-14-27(20)21-6-2-3-13-24-21/h2-3,6-13,15H,4-5,14H2,1H3,(H,25,28)/t15-/m1/s1. The molecular weight excluding hydrogens is 355 g/mol. The molecule has 1 atom stereocenters. The number of halogens is 1. The maximum absolute atomic E-state index is 13.0. The average molecular weight is 376 g/mol. The van der Waals surface area contributed by atoms with Gasteiger partial charge in [-0.3, -0.25) is 9.78 Å². The zero-order valence-corrected chi connectivity index (χ0v) is 15.6. The van der Waals surface area contributed by atoms with E-state index in [1.165, 1.54) is 24.3 Å². The first-order chi connectivity index (χ1) is 13.6. The second-order valence-corrected chi connectivity index (χ2v) is 6.85. The van der Waals surface area contributed by atoms with Crippen LogP contribution in [0.4, 0.5) is 15.9 Å². The number of pyridine rings is 2. The van der Waals surface area contributed by atoms with Crippen LogP contribution in [0, 0.1) is 5.82 Å². The molecule has 3 heterocycles. The second-order valence-electron chi connectivity index (χ2n) is 6.85. The van der Waals surface area contributed by atoms with Gasteiger partial charge >= 0.3 is 0 Å². The number of aromatic nitrogens is 2. The van der Waals surface area contributed by atoms with Crippen molar-refractivity contribution >= 4 is 17.4 Å². The quantitative estimate of drug-likeness (QED) is 0.742. The molecule has 1 N–H and O–H groups in total. The van der Waals surface area contributed by atoms with Crippen LogP contribution in [-0.4, -0.2) is 22.4 Å². The van der Waals surface area contributed by atoms with Gasteiger partial charge in [-0.1, -0.05) is 6.07 Å². The van der Waals surface area contributed by atoms with Crippen LogP contribution in [0.25, 0.3) is 0 Å². The Hall–Kier alpha value is -3.28. The fraction of sp³-hybridized carbons (Fsp3) is 0.227. The predicted molar refractivity (Wildman–Crippen MR) is 106 cm³/mol. The molecule has 0 aliphatic carbocycles. The van der Waals surface area contributed by atoms with E-state index in [9.17, 15) is 9.18 Å². The van der Waals surface area contributed by atoms with Gasteiger partial charge < -0.3 is 10.2 Å². The molecule has 0 spiro atoms. The van der Waals surface area contributed by atoms with E-state index in [4.69, 9.17) is 4.98 Å². The summed E-state index contributed by atoms with van der Waals surface area (Å²) in [5, 5.41) is 2.93. The van der Waals surface area contributed by atoms with Gasteiger partial charge in [0, 0.05) is 18.3 Å². The van der Waals surface area contributed by atoms with Crippen molar-refractivity contribution in [1.82, 2.24) is 15.3 Å². The maximum atomic E-state index is 13.0. The van der Waals surface area contributed by atoms with E-state index in [1.54, 1.807) is 6.20 Å². The number of carbonyl (C=O) groups excluding carboxylic acids is 1. The molecule has 6 heteroatoms. The van der Waals surface area contributed by atoms with Gasteiger partial charge in [0.25, 0.3) is 5.91 Å². The van der Waals surface area contributed by atoms with Crippen molar-refractivity contribution in [2.75, 3.05) is 11.4 Å². The average Bonchev–Trinajstić information content (AvgIpc) is 2.74. The largest absolute Gasteiger partial charge is 0.344 e. The second kappa shape index (κ2) is 7.76. The molecule has 1 aromatic carbocycles. The Morgan fingerprint density at radius 2 is 1.96 bits per heavy atom. The minimum Gasteiger partial charge on any atom is -0.344 e. The third kappa shape index (κ3) is 3.71. The van der Waals surface area contributed by atoms with Gasteiger partial charge in [0.05, 0.1) is 23.1 Å². The van der Waals surface area contributed by atoms with Crippen LogP contribution < -0.4 is 10.2 Å². The lowest BCUT2D eigenvalue weighted by atomic mass is 10.1. The Labute approximate surface area is 163 Å². The molecule has 3 aromatic rings. The molecule has 0 bridgehead atoms. The van der Waals surface area contributed by atoms with Crippen LogP contribution in [0.1, 0.15) is 41.1 Å². The highest BCUT2D eigenvalue weighted by Gasteiger charge is 2.22. The van der Waals surface area contributed by atoms with Crippen LogP contribution in [0.5, 0.6) is 0 Å². The summed E-state index contributed by atoms with van der Waals surface area (Å²) in [6.07, 6.45) is 3.68. The number of nitrogens with one attached hydrogen (secondary N) is 1. The van der Waals surface area contributed by atoms with Crippen molar-refractivity contribution in [2.24, 2.45) is 0 Å². The van der Waals surface area contributed by atoms with Crippen molar-refractivity contribution in [3.63, 3.8) is 0 Å². The highest BCUT2D eigenvalue weighted by atomic mass is 19.1. The van der Waals surface area contributed by atoms with Crippen LogP contribution in [-0.2, 0) is 6.42 Å². The zero-order valence-electron chi connectivity index (χ0n) is 15.6. The van der Waals surface area contributed by atoms with Crippen molar-refractivity contribution in [3.8, 4) is 0 Å². The number of amides is 1. The molecule has 0 fully saturated rings. The molecule has 0 saturated carbocycles. The summed E-state index contributed by atoms with van der Waals surface area (Å²) in [4.78, 5) is 23.8. The number of hydrogen-bond acceptors (Lipinski definition) is 4. The van der Waals surface area contributed by atoms with E-state index in [1.807, 2.05) is 37.3 Å². The van der Waals surface area contributed by atoms with Gasteiger partial charge in [-0.05, 0) is 68.3 Å². The summed E-state index contributed by atoms with van der Waals surface area (Å²) in [6, 6.07) is 15.1. The van der Waals surface area contributed by atoms with Gasteiger partial charge in [-0.15, -0.1) is 0 Å². The first-order valence-electron chi connectivity index (χ1n) is 9.36. The fourth-order valence-corrected chi connectivity index (χ4v) is 3.41. The Morgan fingerprint density at radius 3 is 2.71 bits per heavy atom. The molecule has 1 aliphatic heterocycles.